The van der Waals surface area contributed by atoms with Gasteiger partial charge in [-0.05, 0) is 31.5 Å². The lowest BCUT2D eigenvalue weighted by Gasteiger charge is -2.05. The normalized spacial score (nSPS) is 10.5. The average molecular weight is 279 g/mol. The Labute approximate surface area is 116 Å². The minimum Gasteiger partial charge on any atom is -0.490 e. The van der Waals surface area contributed by atoms with Gasteiger partial charge < -0.3 is 4.74 Å². The zero-order valence-corrected chi connectivity index (χ0v) is 11.6. The third-order valence-electron chi connectivity index (χ3n) is 2.63. The standard InChI is InChI=1S/C14H15ClN2O2/c1-3-6-19-12-8-16-17(9-12)11-4-5-13(10(2)18)14(15)7-11/h4-5,7-9H,3,6H2,1-2H3. The largest absolute Gasteiger partial charge is 0.490 e. The van der Waals surface area contributed by atoms with Crippen LogP contribution in [0.25, 0.3) is 5.69 Å². The van der Waals surface area contributed by atoms with Crippen LogP contribution in [0, 0.1) is 0 Å². The number of ketones is 1. The molecule has 0 aliphatic carbocycles. The molecule has 0 atom stereocenters. The van der Waals surface area contributed by atoms with Gasteiger partial charge in [-0.2, -0.15) is 5.10 Å². The fourth-order valence-corrected chi connectivity index (χ4v) is 1.98. The molecule has 1 aromatic carbocycles. The van der Waals surface area contributed by atoms with E-state index in [4.69, 9.17) is 16.3 Å². The fourth-order valence-electron chi connectivity index (χ4n) is 1.67. The van der Waals surface area contributed by atoms with Crippen molar-refractivity contribution in [2.45, 2.75) is 20.3 Å². The quantitative estimate of drug-likeness (QED) is 0.786. The van der Waals surface area contributed by atoms with Crippen molar-refractivity contribution in [1.82, 2.24) is 9.78 Å². The Bertz CT molecular complexity index is 593. The van der Waals surface area contributed by atoms with Crippen LogP contribution in [0.1, 0.15) is 30.6 Å². The summed E-state index contributed by atoms with van der Waals surface area (Å²) in [7, 11) is 0. The lowest BCUT2D eigenvalue weighted by molar-refractivity contribution is 0.101. The highest BCUT2D eigenvalue weighted by molar-refractivity contribution is 6.34. The SMILES string of the molecule is CCCOc1cnn(-c2ccc(C(C)=O)c(Cl)c2)c1. The summed E-state index contributed by atoms with van der Waals surface area (Å²) in [6.45, 7) is 4.20. The van der Waals surface area contributed by atoms with Gasteiger partial charge in [-0.25, -0.2) is 4.68 Å². The van der Waals surface area contributed by atoms with Crippen molar-refractivity contribution in [3.63, 3.8) is 0 Å². The van der Waals surface area contributed by atoms with E-state index in [1.807, 2.05) is 6.92 Å². The maximum atomic E-state index is 11.3. The van der Waals surface area contributed by atoms with Crippen molar-refractivity contribution in [3.05, 3.63) is 41.2 Å². The van der Waals surface area contributed by atoms with Gasteiger partial charge in [0.05, 0.1) is 29.7 Å². The van der Waals surface area contributed by atoms with Gasteiger partial charge in [0.1, 0.15) is 0 Å². The van der Waals surface area contributed by atoms with Crippen molar-refractivity contribution in [3.8, 4) is 11.4 Å². The summed E-state index contributed by atoms with van der Waals surface area (Å²) in [4.78, 5) is 11.3. The predicted molar refractivity (Wildman–Crippen MR) is 74.4 cm³/mol. The Morgan fingerprint density at radius 1 is 1.47 bits per heavy atom. The molecule has 1 heterocycles. The van der Waals surface area contributed by atoms with Crippen LogP contribution in [-0.2, 0) is 0 Å². The van der Waals surface area contributed by atoms with E-state index in [0.717, 1.165) is 12.1 Å². The molecule has 0 amide bonds. The number of carbonyl (C=O) groups excluding carboxylic acids is 1. The molecule has 0 fully saturated rings. The first-order valence-electron chi connectivity index (χ1n) is 6.10. The Balaban J connectivity index is 2.24. The maximum absolute atomic E-state index is 11.3. The summed E-state index contributed by atoms with van der Waals surface area (Å²) in [6, 6.07) is 5.22. The minimum absolute atomic E-state index is 0.0519. The van der Waals surface area contributed by atoms with Crippen molar-refractivity contribution < 1.29 is 9.53 Å². The Morgan fingerprint density at radius 2 is 2.26 bits per heavy atom. The van der Waals surface area contributed by atoms with Crippen molar-refractivity contribution >= 4 is 17.4 Å². The van der Waals surface area contributed by atoms with Crippen LogP contribution in [0.3, 0.4) is 0 Å². The van der Waals surface area contributed by atoms with Crippen LogP contribution in [0.4, 0.5) is 0 Å². The number of carbonyl (C=O) groups is 1. The summed E-state index contributed by atoms with van der Waals surface area (Å²) in [5.74, 6) is 0.664. The molecule has 0 N–H and O–H groups in total. The van der Waals surface area contributed by atoms with E-state index in [1.54, 1.807) is 35.3 Å². The van der Waals surface area contributed by atoms with Gasteiger partial charge in [-0.15, -0.1) is 0 Å². The molecule has 2 rings (SSSR count). The van der Waals surface area contributed by atoms with Gasteiger partial charge in [-0.3, -0.25) is 4.79 Å². The van der Waals surface area contributed by atoms with Crippen LogP contribution in [0.2, 0.25) is 5.02 Å². The summed E-state index contributed by atoms with van der Waals surface area (Å²) in [5.41, 5.74) is 1.31. The molecule has 0 aliphatic rings. The van der Waals surface area contributed by atoms with Gasteiger partial charge in [0, 0.05) is 5.56 Å². The molecule has 0 bridgehead atoms. The van der Waals surface area contributed by atoms with Gasteiger partial charge in [-0.1, -0.05) is 18.5 Å². The summed E-state index contributed by atoms with van der Waals surface area (Å²) >= 11 is 6.07. The van der Waals surface area contributed by atoms with Crippen molar-refractivity contribution in [2.24, 2.45) is 0 Å². The Kier molecular flexibility index (Phi) is 4.22. The third kappa shape index (κ3) is 3.15. The minimum atomic E-state index is -0.0519. The van der Waals surface area contributed by atoms with Gasteiger partial charge in [0.25, 0.3) is 0 Å². The zero-order chi connectivity index (χ0) is 13.8. The zero-order valence-electron chi connectivity index (χ0n) is 10.9. The number of benzene rings is 1. The van der Waals surface area contributed by atoms with E-state index in [1.165, 1.54) is 6.92 Å². The molecule has 0 radical (unpaired) electrons. The molecule has 0 saturated heterocycles. The second-order valence-electron chi connectivity index (χ2n) is 4.19. The monoisotopic (exact) mass is 278 g/mol. The summed E-state index contributed by atoms with van der Waals surface area (Å²) in [5, 5.41) is 4.63. The molecular formula is C14H15ClN2O2. The molecule has 5 heteroatoms. The Hall–Kier alpha value is -1.81. The molecule has 0 aliphatic heterocycles. The number of halogens is 1. The molecule has 100 valence electrons. The second-order valence-corrected chi connectivity index (χ2v) is 4.60. The topological polar surface area (TPSA) is 44.1 Å². The molecule has 0 spiro atoms. The van der Waals surface area contributed by atoms with Gasteiger partial charge in [0.15, 0.2) is 11.5 Å². The number of ether oxygens (including phenoxy) is 1. The Morgan fingerprint density at radius 3 is 2.89 bits per heavy atom. The molecule has 0 saturated carbocycles. The van der Waals surface area contributed by atoms with Crippen molar-refractivity contribution in [2.75, 3.05) is 6.61 Å². The first-order chi connectivity index (χ1) is 9.11. The highest BCUT2D eigenvalue weighted by Crippen LogP contribution is 2.21. The van der Waals surface area contributed by atoms with E-state index in [0.29, 0.717) is 22.9 Å². The van der Waals surface area contributed by atoms with E-state index in [-0.39, 0.29) is 5.78 Å². The summed E-state index contributed by atoms with van der Waals surface area (Å²) in [6.07, 6.45) is 4.39. The molecule has 19 heavy (non-hydrogen) atoms. The molecular weight excluding hydrogens is 264 g/mol. The van der Waals surface area contributed by atoms with Crippen LogP contribution >= 0.6 is 11.6 Å². The third-order valence-corrected chi connectivity index (χ3v) is 2.94. The number of rotatable bonds is 5. The highest BCUT2D eigenvalue weighted by atomic mass is 35.5. The molecule has 1 aromatic heterocycles. The lowest BCUT2D eigenvalue weighted by atomic mass is 10.1. The number of hydrogen-bond donors (Lipinski definition) is 0. The van der Waals surface area contributed by atoms with E-state index >= 15 is 0 Å². The first kappa shape index (κ1) is 13.6. The highest BCUT2D eigenvalue weighted by Gasteiger charge is 2.08. The van der Waals surface area contributed by atoms with Gasteiger partial charge in [0.2, 0.25) is 0 Å². The number of Topliss-reactive ketones (excluding diaryl/α,β-unsaturated/α-hetero) is 1. The summed E-state index contributed by atoms with van der Waals surface area (Å²) < 4.78 is 7.15. The van der Waals surface area contributed by atoms with Gasteiger partial charge >= 0.3 is 0 Å². The van der Waals surface area contributed by atoms with E-state index < -0.39 is 0 Å². The van der Waals surface area contributed by atoms with Crippen LogP contribution in [-0.4, -0.2) is 22.2 Å². The van der Waals surface area contributed by atoms with Crippen LogP contribution in [0.15, 0.2) is 30.6 Å². The van der Waals surface area contributed by atoms with E-state index in [9.17, 15) is 4.79 Å². The van der Waals surface area contributed by atoms with Crippen molar-refractivity contribution in [1.29, 1.82) is 0 Å². The van der Waals surface area contributed by atoms with E-state index in [2.05, 4.69) is 5.10 Å². The fraction of sp³-hybridized carbons (Fsp3) is 0.286. The molecule has 2 aromatic rings. The average Bonchev–Trinajstić information content (AvgIpc) is 2.84. The lowest BCUT2D eigenvalue weighted by Crippen LogP contribution is -1.98. The molecule has 0 unspecified atom stereocenters. The maximum Gasteiger partial charge on any atom is 0.161 e. The van der Waals surface area contributed by atoms with Crippen LogP contribution < -0.4 is 4.74 Å². The smallest absolute Gasteiger partial charge is 0.161 e. The number of nitrogens with zero attached hydrogens (tertiary/aromatic N) is 2. The first-order valence-corrected chi connectivity index (χ1v) is 6.48. The second kappa shape index (κ2) is 5.89. The van der Waals surface area contributed by atoms with Crippen LogP contribution in [0.5, 0.6) is 5.75 Å². The number of hydrogen-bond acceptors (Lipinski definition) is 3. The number of aromatic nitrogens is 2. The predicted octanol–water partition coefficient (Wildman–Crippen LogP) is 3.52. The molecule has 4 nitrogen and oxygen atoms in total.